The van der Waals surface area contributed by atoms with E-state index in [0.29, 0.717) is 6.54 Å². The zero-order valence-electron chi connectivity index (χ0n) is 20.5. The first-order valence-electron chi connectivity index (χ1n) is 12.9. The lowest BCUT2D eigenvalue weighted by Crippen LogP contribution is -2.29. The number of para-hydroxylation sites is 2. The largest absolute Gasteiger partial charge is 0.489 e. The van der Waals surface area contributed by atoms with Gasteiger partial charge in [-0.3, -0.25) is 4.79 Å². The molecule has 0 aliphatic rings. The molecule has 1 rings (SSSR count). The highest BCUT2D eigenvalue weighted by molar-refractivity contribution is 5.93. The van der Waals surface area contributed by atoms with E-state index < -0.39 is 0 Å². The standard InChI is InChI=1S/C27H48N2O2/c1-4-5-6-7-8-9-10-11-12-13-14-15-16-19-22-28-23-27(30)29-25-20-17-18-21-26(25)31-24(2)3/h17-18,20-21,24,28H,4-16,19,22-23H2,1-3H3,(H,29,30). The Labute approximate surface area is 191 Å². The molecule has 4 heteroatoms. The average Bonchev–Trinajstić information content (AvgIpc) is 2.74. The molecule has 31 heavy (non-hydrogen) atoms. The van der Waals surface area contributed by atoms with Crippen LogP contribution >= 0.6 is 0 Å². The second-order valence-corrected chi connectivity index (χ2v) is 8.98. The lowest BCUT2D eigenvalue weighted by Gasteiger charge is -2.15. The van der Waals surface area contributed by atoms with Crippen LogP contribution in [0.1, 0.15) is 111 Å². The maximum atomic E-state index is 12.2. The summed E-state index contributed by atoms with van der Waals surface area (Å²) in [5.74, 6) is 0.697. The van der Waals surface area contributed by atoms with Gasteiger partial charge in [0.1, 0.15) is 5.75 Å². The van der Waals surface area contributed by atoms with Gasteiger partial charge in [-0.05, 0) is 38.9 Å². The van der Waals surface area contributed by atoms with Gasteiger partial charge in [0.25, 0.3) is 0 Å². The van der Waals surface area contributed by atoms with Crippen molar-refractivity contribution in [3.63, 3.8) is 0 Å². The molecule has 4 nitrogen and oxygen atoms in total. The van der Waals surface area contributed by atoms with Crippen molar-refractivity contribution in [1.29, 1.82) is 0 Å². The summed E-state index contributed by atoms with van der Waals surface area (Å²) < 4.78 is 5.75. The molecule has 0 aliphatic heterocycles. The average molecular weight is 433 g/mol. The monoisotopic (exact) mass is 432 g/mol. The highest BCUT2D eigenvalue weighted by Crippen LogP contribution is 2.24. The predicted octanol–water partition coefficient (Wildman–Crippen LogP) is 7.48. The van der Waals surface area contributed by atoms with Crippen LogP contribution in [-0.2, 0) is 4.79 Å². The van der Waals surface area contributed by atoms with Gasteiger partial charge in [-0.2, -0.15) is 0 Å². The van der Waals surface area contributed by atoms with Crippen LogP contribution in [0.4, 0.5) is 5.69 Å². The molecular weight excluding hydrogens is 384 g/mol. The number of benzene rings is 1. The SMILES string of the molecule is CCCCCCCCCCCCCCCCNCC(=O)Nc1ccccc1OC(C)C. The number of anilines is 1. The van der Waals surface area contributed by atoms with E-state index in [0.717, 1.165) is 24.4 Å². The molecule has 0 aromatic heterocycles. The minimum atomic E-state index is -0.0230. The van der Waals surface area contributed by atoms with Gasteiger partial charge >= 0.3 is 0 Å². The Morgan fingerprint density at radius 2 is 1.32 bits per heavy atom. The quantitative estimate of drug-likeness (QED) is 0.210. The van der Waals surface area contributed by atoms with Crippen LogP contribution in [0.15, 0.2) is 24.3 Å². The minimum absolute atomic E-state index is 0.0230. The fourth-order valence-electron chi connectivity index (χ4n) is 3.77. The molecule has 0 saturated heterocycles. The van der Waals surface area contributed by atoms with Gasteiger partial charge in [-0.25, -0.2) is 0 Å². The first-order valence-corrected chi connectivity index (χ1v) is 12.9. The number of amides is 1. The van der Waals surface area contributed by atoms with Gasteiger partial charge in [0.2, 0.25) is 5.91 Å². The fraction of sp³-hybridized carbons (Fsp3) is 0.741. The molecule has 1 aromatic rings. The van der Waals surface area contributed by atoms with E-state index in [1.165, 1.54) is 83.5 Å². The molecule has 0 heterocycles. The predicted molar refractivity (Wildman–Crippen MR) is 134 cm³/mol. The van der Waals surface area contributed by atoms with Crippen molar-refractivity contribution in [3.8, 4) is 5.75 Å². The zero-order chi connectivity index (χ0) is 22.6. The Kier molecular flexibility index (Phi) is 17.0. The summed E-state index contributed by atoms with van der Waals surface area (Å²) in [4.78, 5) is 12.2. The van der Waals surface area contributed by atoms with Crippen molar-refractivity contribution >= 4 is 11.6 Å². The summed E-state index contributed by atoms with van der Waals surface area (Å²) in [5, 5.41) is 6.20. The molecule has 178 valence electrons. The summed E-state index contributed by atoms with van der Waals surface area (Å²) in [6.45, 7) is 7.48. The Balaban J connectivity index is 1.92. The third-order valence-corrected chi connectivity index (χ3v) is 5.52. The van der Waals surface area contributed by atoms with E-state index in [1.807, 2.05) is 38.1 Å². The van der Waals surface area contributed by atoms with Crippen molar-refractivity contribution in [2.24, 2.45) is 0 Å². The highest BCUT2D eigenvalue weighted by atomic mass is 16.5. The first kappa shape index (κ1) is 27.5. The van der Waals surface area contributed by atoms with Crippen LogP contribution in [0.25, 0.3) is 0 Å². The van der Waals surface area contributed by atoms with Gasteiger partial charge in [0.05, 0.1) is 18.3 Å². The fourth-order valence-corrected chi connectivity index (χ4v) is 3.77. The Morgan fingerprint density at radius 1 is 0.806 bits per heavy atom. The molecule has 0 spiro atoms. The molecule has 0 aliphatic carbocycles. The number of unbranched alkanes of at least 4 members (excludes halogenated alkanes) is 13. The normalized spacial score (nSPS) is 11.1. The zero-order valence-corrected chi connectivity index (χ0v) is 20.5. The second-order valence-electron chi connectivity index (χ2n) is 8.98. The maximum Gasteiger partial charge on any atom is 0.238 e. The summed E-state index contributed by atoms with van der Waals surface area (Å²) in [6.07, 6.45) is 19.2. The molecule has 1 amide bonds. The van der Waals surface area contributed by atoms with Crippen molar-refractivity contribution in [1.82, 2.24) is 5.32 Å². The van der Waals surface area contributed by atoms with Crippen molar-refractivity contribution in [3.05, 3.63) is 24.3 Å². The lowest BCUT2D eigenvalue weighted by atomic mass is 10.0. The molecule has 0 unspecified atom stereocenters. The maximum absolute atomic E-state index is 12.2. The number of hydrogen-bond acceptors (Lipinski definition) is 3. The van der Waals surface area contributed by atoms with Gasteiger partial charge in [-0.1, -0.05) is 103 Å². The van der Waals surface area contributed by atoms with E-state index in [-0.39, 0.29) is 12.0 Å². The van der Waals surface area contributed by atoms with E-state index in [9.17, 15) is 4.79 Å². The van der Waals surface area contributed by atoms with Crippen LogP contribution in [-0.4, -0.2) is 25.1 Å². The number of hydrogen-bond donors (Lipinski definition) is 2. The number of rotatable bonds is 20. The molecular formula is C27H48N2O2. The topological polar surface area (TPSA) is 50.4 Å². The molecule has 0 saturated carbocycles. The van der Waals surface area contributed by atoms with E-state index in [4.69, 9.17) is 4.74 Å². The van der Waals surface area contributed by atoms with E-state index in [1.54, 1.807) is 0 Å². The second kappa shape index (κ2) is 19.2. The minimum Gasteiger partial charge on any atom is -0.489 e. The first-order chi connectivity index (χ1) is 15.1. The van der Waals surface area contributed by atoms with Crippen molar-refractivity contribution in [2.45, 2.75) is 117 Å². The molecule has 0 radical (unpaired) electrons. The number of carbonyl (C=O) groups excluding carboxylic acids is 1. The van der Waals surface area contributed by atoms with Gasteiger partial charge < -0.3 is 15.4 Å². The van der Waals surface area contributed by atoms with Crippen LogP contribution in [0.3, 0.4) is 0 Å². The number of carbonyl (C=O) groups is 1. The van der Waals surface area contributed by atoms with Crippen molar-refractivity contribution < 1.29 is 9.53 Å². The van der Waals surface area contributed by atoms with Crippen molar-refractivity contribution in [2.75, 3.05) is 18.4 Å². The van der Waals surface area contributed by atoms with Crippen LogP contribution < -0.4 is 15.4 Å². The molecule has 2 N–H and O–H groups in total. The molecule has 0 atom stereocenters. The summed E-state index contributed by atoms with van der Waals surface area (Å²) in [6, 6.07) is 7.59. The summed E-state index contributed by atoms with van der Waals surface area (Å²) >= 11 is 0. The van der Waals surface area contributed by atoms with E-state index in [2.05, 4.69) is 17.6 Å². The third-order valence-electron chi connectivity index (χ3n) is 5.52. The van der Waals surface area contributed by atoms with Crippen LogP contribution in [0.5, 0.6) is 5.75 Å². The lowest BCUT2D eigenvalue weighted by molar-refractivity contribution is -0.115. The third kappa shape index (κ3) is 15.8. The molecule has 1 aromatic carbocycles. The van der Waals surface area contributed by atoms with Gasteiger partial charge in [0.15, 0.2) is 0 Å². The Morgan fingerprint density at radius 3 is 1.87 bits per heavy atom. The van der Waals surface area contributed by atoms with E-state index >= 15 is 0 Å². The van der Waals surface area contributed by atoms with Gasteiger partial charge in [0, 0.05) is 0 Å². The van der Waals surface area contributed by atoms with Crippen LogP contribution in [0, 0.1) is 0 Å². The highest BCUT2D eigenvalue weighted by Gasteiger charge is 2.08. The Hall–Kier alpha value is -1.55. The molecule has 0 fully saturated rings. The van der Waals surface area contributed by atoms with Gasteiger partial charge in [-0.15, -0.1) is 0 Å². The summed E-state index contributed by atoms with van der Waals surface area (Å²) in [7, 11) is 0. The summed E-state index contributed by atoms with van der Waals surface area (Å²) in [5.41, 5.74) is 0.736. The van der Waals surface area contributed by atoms with Crippen LogP contribution in [0.2, 0.25) is 0 Å². The number of ether oxygens (including phenoxy) is 1. The molecule has 0 bridgehead atoms. The Bertz CT molecular complexity index is 560. The number of nitrogens with one attached hydrogen (secondary N) is 2. The smallest absolute Gasteiger partial charge is 0.238 e.